The molecule has 1 atom stereocenters. The number of fused-ring (bicyclic) bond motifs is 2. The van der Waals surface area contributed by atoms with Gasteiger partial charge in [0.2, 0.25) is 10.0 Å². The Bertz CT molecular complexity index is 1870. The van der Waals surface area contributed by atoms with Gasteiger partial charge in [-0.05, 0) is 74.6 Å². The van der Waals surface area contributed by atoms with E-state index in [-0.39, 0.29) is 12.3 Å². The van der Waals surface area contributed by atoms with E-state index in [0.29, 0.717) is 36.3 Å². The average Bonchev–Trinajstić information content (AvgIpc) is 3.51. The van der Waals surface area contributed by atoms with Crippen molar-refractivity contribution in [1.29, 1.82) is 0 Å². The number of aromatic amines is 1. The highest BCUT2D eigenvalue weighted by atomic mass is 35.5. The Morgan fingerprint density at radius 1 is 1.05 bits per heavy atom. The van der Waals surface area contributed by atoms with E-state index in [9.17, 15) is 18.3 Å². The summed E-state index contributed by atoms with van der Waals surface area (Å²) in [6.07, 6.45) is -0.345. The van der Waals surface area contributed by atoms with E-state index in [1.807, 2.05) is 68.4 Å². The number of nitrogens with one attached hydrogen (secondary N) is 3. The summed E-state index contributed by atoms with van der Waals surface area (Å²) in [6.45, 7) is 5.89. The fourth-order valence-electron chi connectivity index (χ4n) is 5.21. The summed E-state index contributed by atoms with van der Waals surface area (Å²) in [5, 5.41) is 16.0. The number of furan rings is 1. The molecule has 3 aromatic carbocycles. The number of halogens is 1. The van der Waals surface area contributed by atoms with Gasteiger partial charge in [0.15, 0.2) is 12.0 Å². The summed E-state index contributed by atoms with van der Waals surface area (Å²) in [5.41, 5.74) is 5.09. The molecule has 226 valence electrons. The van der Waals surface area contributed by atoms with Gasteiger partial charge in [0.25, 0.3) is 5.91 Å². The Kier molecular flexibility index (Phi) is 9.12. The third-order valence-corrected chi connectivity index (χ3v) is 9.29. The summed E-state index contributed by atoms with van der Waals surface area (Å²) >= 11 is 6.26. The molecule has 5 aromatic rings. The van der Waals surface area contributed by atoms with Crippen LogP contribution in [0.15, 0.2) is 65.1 Å². The number of ether oxygens (including phenoxy) is 1. The van der Waals surface area contributed by atoms with E-state index in [1.54, 1.807) is 13.0 Å². The second kappa shape index (κ2) is 12.8. The number of hydrogen-bond donors (Lipinski definition) is 4. The van der Waals surface area contributed by atoms with Crippen LogP contribution in [0.4, 0.5) is 0 Å². The smallest absolute Gasteiger partial charge is 0.287 e. The molecule has 1 amide bonds. The predicted molar refractivity (Wildman–Crippen MR) is 168 cm³/mol. The van der Waals surface area contributed by atoms with E-state index in [0.717, 1.165) is 43.8 Å². The van der Waals surface area contributed by atoms with E-state index in [1.165, 1.54) is 0 Å². The van der Waals surface area contributed by atoms with Crippen LogP contribution in [-0.4, -0.2) is 43.3 Å². The molecule has 9 nitrogen and oxygen atoms in total. The molecule has 43 heavy (non-hydrogen) atoms. The number of hydrogen-bond acceptors (Lipinski definition) is 6. The fourth-order valence-corrected chi connectivity index (χ4v) is 6.27. The van der Waals surface area contributed by atoms with Gasteiger partial charge in [0, 0.05) is 33.4 Å². The van der Waals surface area contributed by atoms with Gasteiger partial charge < -0.3 is 24.6 Å². The first kappa shape index (κ1) is 30.6. The number of aliphatic hydroxyl groups excluding tert-OH is 1. The van der Waals surface area contributed by atoms with E-state index >= 15 is 0 Å². The number of aliphatic hydroxyl groups is 1. The number of para-hydroxylation sites is 2. The second-order valence-corrected chi connectivity index (χ2v) is 12.8. The summed E-state index contributed by atoms with van der Waals surface area (Å²) < 4.78 is 39.7. The number of carbonyl (C=O) groups excluding carboxylic acids is 1. The summed E-state index contributed by atoms with van der Waals surface area (Å²) in [7, 11) is -3.97. The molecular formula is C32H34ClN3O6S. The van der Waals surface area contributed by atoms with Crippen LogP contribution in [0.25, 0.3) is 21.9 Å². The topological polar surface area (TPSA) is 134 Å². The third-order valence-electron chi connectivity index (χ3n) is 7.37. The minimum atomic E-state index is -3.97. The molecule has 5 rings (SSSR count). The lowest BCUT2D eigenvalue weighted by molar-refractivity contribution is 0.0929. The SMILES string of the molecule is Cc1cc(OCCCc2c(C(O)NS(=O)(=O)CCNC(=O)c3oc4ccccc4c3C)[nH]c3ccccc23)cc(C)c1Cl. The fraction of sp³-hybridized carbons (Fsp3) is 0.281. The maximum atomic E-state index is 12.9. The quantitative estimate of drug-likeness (QED) is 0.102. The van der Waals surface area contributed by atoms with Crippen molar-refractivity contribution in [2.45, 2.75) is 39.8 Å². The van der Waals surface area contributed by atoms with Gasteiger partial charge in [0.1, 0.15) is 11.3 Å². The molecule has 11 heteroatoms. The molecule has 0 aliphatic rings. The zero-order chi connectivity index (χ0) is 30.7. The number of rotatable bonds is 12. The van der Waals surface area contributed by atoms with Crippen molar-refractivity contribution in [1.82, 2.24) is 15.0 Å². The summed E-state index contributed by atoms with van der Waals surface area (Å²) in [4.78, 5) is 15.8. The van der Waals surface area contributed by atoms with Crippen LogP contribution in [0.3, 0.4) is 0 Å². The van der Waals surface area contributed by atoms with Crippen LogP contribution >= 0.6 is 11.6 Å². The third kappa shape index (κ3) is 6.88. The van der Waals surface area contributed by atoms with Crippen molar-refractivity contribution in [2.24, 2.45) is 0 Å². The minimum Gasteiger partial charge on any atom is -0.494 e. The van der Waals surface area contributed by atoms with Crippen LogP contribution in [0.2, 0.25) is 5.02 Å². The monoisotopic (exact) mass is 623 g/mol. The van der Waals surface area contributed by atoms with Crippen LogP contribution < -0.4 is 14.8 Å². The van der Waals surface area contributed by atoms with Crippen molar-refractivity contribution in [3.05, 3.63) is 99.4 Å². The summed E-state index contributed by atoms with van der Waals surface area (Å²) in [6, 6.07) is 18.6. The van der Waals surface area contributed by atoms with Crippen molar-refractivity contribution in [3.63, 3.8) is 0 Å². The van der Waals surface area contributed by atoms with Gasteiger partial charge in [-0.25, -0.2) is 8.42 Å². The Labute approximate surface area is 255 Å². The van der Waals surface area contributed by atoms with Gasteiger partial charge in [-0.1, -0.05) is 48.0 Å². The van der Waals surface area contributed by atoms with Gasteiger partial charge in [-0.15, -0.1) is 0 Å². The molecule has 0 saturated heterocycles. The van der Waals surface area contributed by atoms with E-state index in [4.69, 9.17) is 20.8 Å². The number of amides is 1. The molecular weight excluding hydrogens is 590 g/mol. The molecule has 1 unspecified atom stereocenters. The van der Waals surface area contributed by atoms with Gasteiger partial charge >= 0.3 is 0 Å². The molecule has 2 aromatic heterocycles. The number of sulfonamides is 1. The van der Waals surface area contributed by atoms with Crippen molar-refractivity contribution in [3.8, 4) is 5.75 Å². The van der Waals surface area contributed by atoms with Gasteiger partial charge in [0.05, 0.1) is 18.1 Å². The van der Waals surface area contributed by atoms with Crippen molar-refractivity contribution in [2.75, 3.05) is 18.9 Å². The van der Waals surface area contributed by atoms with Crippen LogP contribution in [0.5, 0.6) is 5.75 Å². The number of H-pyrrole nitrogens is 1. The highest BCUT2D eigenvalue weighted by molar-refractivity contribution is 7.89. The molecule has 0 aliphatic carbocycles. The van der Waals surface area contributed by atoms with Gasteiger partial charge in [-0.3, -0.25) is 4.79 Å². The first-order chi connectivity index (χ1) is 20.5. The lowest BCUT2D eigenvalue weighted by atomic mass is 10.0. The predicted octanol–water partition coefficient (Wildman–Crippen LogP) is 5.84. The van der Waals surface area contributed by atoms with Crippen molar-refractivity contribution >= 4 is 49.4 Å². The highest BCUT2D eigenvalue weighted by Gasteiger charge is 2.24. The Morgan fingerprint density at radius 2 is 1.72 bits per heavy atom. The largest absolute Gasteiger partial charge is 0.494 e. The first-order valence-corrected chi connectivity index (χ1v) is 16.0. The number of benzene rings is 3. The number of aryl methyl sites for hydroxylation is 4. The molecule has 0 saturated carbocycles. The number of aromatic nitrogens is 1. The molecule has 0 fully saturated rings. The zero-order valence-corrected chi connectivity index (χ0v) is 25.7. The van der Waals surface area contributed by atoms with E-state index < -0.39 is 27.9 Å². The van der Waals surface area contributed by atoms with Gasteiger partial charge in [-0.2, -0.15) is 4.72 Å². The zero-order valence-electron chi connectivity index (χ0n) is 24.2. The van der Waals surface area contributed by atoms with Crippen LogP contribution in [0, 0.1) is 20.8 Å². The summed E-state index contributed by atoms with van der Waals surface area (Å²) in [5.74, 6) is -0.0691. The van der Waals surface area contributed by atoms with Crippen LogP contribution in [0.1, 0.15) is 51.2 Å². The standard InChI is InChI=1S/C32H34ClN3O6S/c1-19-17-22(18-20(2)28(19)33)41-15-8-11-25-24-10-4-6-12-26(24)35-29(25)31(37)36-43(39,40)16-14-34-32(38)30-21(3)23-9-5-7-13-27(23)42-30/h4-7,9-10,12-13,17-18,31,35-37H,8,11,14-16H2,1-3H3,(H,34,38). The molecule has 0 spiro atoms. The number of carbonyl (C=O) groups is 1. The molecule has 4 N–H and O–H groups in total. The van der Waals surface area contributed by atoms with E-state index in [2.05, 4.69) is 15.0 Å². The average molecular weight is 624 g/mol. The first-order valence-electron chi connectivity index (χ1n) is 14.0. The molecule has 2 heterocycles. The Morgan fingerprint density at radius 3 is 2.44 bits per heavy atom. The lowest BCUT2D eigenvalue weighted by Gasteiger charge is -2.15. The lowest BCUT2D eigenvalue weighted by Crippen LogP contribution is -2.36. The maximum absolute atomic E-state index is 12.9. The molecule has 0 bridgehead atoms. The minimum absolute atomic E-state index is 0.139. The van der Waals surface area contributed by atoms with Crippen LogP contribution in [-0.2, 0) is 16.4 Å². The second-order valence-electron chi connectivity index (χ2n) is 10.5. The van der Waals surface area contributed by atoms with Crippen molar-refractivity contribution < 1.29 is 27.5 Å². The maximum Gasteiger partial charge on any atom is 0.287 e. The Balaban J connectivity index is 1.21. The molecule has 0 aliphatic heterocycles. The normalized spacial score (nSPS) is 12.6. The highest BCUT2D eigenvalue weighted by Crippen LogP contribution is 2.29. The molecule has 0 radical (unpaired) electrons. The Hall–Kier alpha value is -3.83.